The molecule has 1 radical (unpaired) electrons. The van der Waals surface area contributed by atoms with Gasteiger partial charge < -0.3 is 0 Å². The van der Waals surface area contributed by atoms with Crippen LogP contribution in [-0.2, 0) is 25.8 Å². The van der Waals surface area contributed by atoms with Crippen molar-refractivity contribution in [3.63, 3.8) is 0 Å². The summed E-state index contributed by atoms with van der Waals surface area (Å²) in [7, 11) is 0.750. The standard InChI is InChI=1S/C12H10.2C6H7.C2H7Si.Hf/c1-3-7-11(8-4-1)12-9-5-2-6-10-12;2*1-6-4-2-3-5-6;1-3-2;/h1-10H;2*2,4H,3H2,1H3;3H,1-2H3;/q;2*-1;;. The summed E-state index contributed by atoms with van der Waals surface area (Å²) in [5.74, 6) is 0. The van der Waals surface area contributed by atoms with Crippen molar-refractivity contribution in [2.45, 2.75) is 39.8 Å². The van der Waals surface area contributed by atoms with E-state index in [0.29, 0.717) is 0 Å². The fourth-order valence-electron chi connectivity index (χ4n) is 2.29. The molecule has 0 unspecified atom stereocenters. The van der Waals surface area contributed by atoms with Crippen molar-refractivity contribution >= 4 is 9.52 Å². The summed E-state index contributed by atoms with van der Waals surface area (Å²) >= 11 is 0. The fraction of sp³-hybridized carbons (Fsp3) is 0.231. The summed E-state index contributed by atoms with van der Waals surface area (Å²) in [6.07, 6.45) is 16.7. The minimum atomic E-state index is 0. The molecule has 0 aromatic heterocycles. The molecule has 0 spiro atoms. The van der Waals surface area contributed by atoms with E-state index in [4.69, 9.17) is 0 Å². The molecule has 2 aromatic carbocycles. The van der Waals surface area contributed by atoms with Crippen molar-refractivity contribution in [2.75, 3.05) is 0 Å². The number of hydrogen-bond donors (Lipinski definition) is 0. The molecular formula is C26H31HfSi-2. The molecule has 0 nitrogen and oxygen atoms in total. The maximum atomic E-state index is 3.12. The van der Waals surface area contributed by atoms with Gasteiger partial charge in [-0.3, -0.25) is 12.2 Å². The van der Waals surface area contributed by atoms with Crippen LogP contribution < -0.4 is 0 Å². The Hall–Kier alpha value is -1.51. The Morgan fingerprint density at radius 1 is 0.643 bits per heavy atom. The molecule has 28 heavy (non-hydrogen) atoms. The Balaban J connectivity index is 0.000000388. The van der Waals surface area contributed by atoms with Crippen molar-refractivity contribution in [3.8, 4) is 11.1 Å². The summed E-state index contributed by atoms with van der Waals surface area (Å²) in [5.41, 5.74) is 5.10. The first kappa shape index (κ1) is 26.5. The van der Waals surface area contributed by atoms with E-state index < -0.39 is 0 Å². The summed E-state index contributed by atoms with van der Waals surface area (Å²) in [5, 5.41) is 0. The van der Waals surface area contributed by atoms with E-state index in [9.17, 15) is 0 Å². The van der Waals surface area contributed by atoms with Gasteiger partial charge in [0.25, 0.3) is 0 Å². The largest absolute Gasteiger partial charge is 0.270 e. The van der Waals surface area contributed by atoms with E-state index in [1.54, 1.807) is 0 Å². The molecule has 0 N–H and O–H groups in total. The third-order valence-electron chi connectivity index (χ3n) is 3.61. The average molecular weight is 550 g/mol. The molecule has 2 aromatic rings. The molecular weight excluding hydrogens is 519 g/mol. The summed E-state index contributed by atoms with van der Waals surface area (Å²) in [6, 6.07) is 20.8. The van der Waals surface area contributed by atoms with Gasteiger partial charge in [0.05, 0.1) is 0 Å². The van der Waals surface area contributed by atoms with Crippen LogP contribution in [0.25, 0.3) is 11.1 Å². The van der Waals surface area contributed by atoms with Crippen LogP contribution in [0.1, 0.15) is 26.7 Å². The van der Waals surface area contributed by atoms with Gasteiger partial charge in [0.15, 0.2) is 0 Å². The Kier molecular flexibility index (Phi) is 16.6. The van der Waals surface area contributed by atoms with Gasteiger partial charge in [-0.2, -0.15) is 12.2 Å². The van der Waals surface area contributed by atoms with Gasteiger partial charge in [0.2, 0.25) is 0 Å². The van der Waals surface area contributed by atoms with Gasteiger partial charge in [0, 0.05) is 35.4 Å². The van der Waals surface area contributed by atoms with Gasteiger partial charge in [0.1, 0.15) is 0 Å². The van der Waals surface area contributed by atoms with Crippen LogP contribution in [-0.4, -0.2) is 9.52 Å². The number of allylic oxidation sites excluding steroid dienone is 8. The molecule has 0 fully saturated rings. The minimum Gasteiger partial charge on any atom is -0.270 e. The molecule has 0 aliphatic heterocycles. The Morgan fingerprint density at radius 2 is 0.964 bits per heavy atom. The Labute approximate surface area is 193 Å². The van der Waals surface area contributed by atoms with E-state index >= 15 is 0 Å². The first-order valence-corrected chi connectivity index (χ1v) is 11.8. The monoisotopic (exact) mass is 551 g/mol. The van der Waals surface area contributed by atoms with Gasteiger partial charge in [-0.25, -0.2) is 23.3 Å². The molecule has 0 amide bonds. The van der Waals surface area contributed by atoms with E-state index in [-0.39, 0.29) is 25.8 Å². The predicted octanol–water partition coefficient (Wildman–Crippen LogP) is 7.26. The van der Waals surface area contributed by atoms with Crippen molar-refractivity contribution in [2.24, 2.45) is 0 Å². The number of benzene rings is 2. The van der Waals surface area contributed by atoms with E-state index in [0.717, 1.165) is 22.4 Å². The summed E-state index contributed by atoms with van der Waals surface area (Å²) < 4.78 is 0. The zero-order valence-electron chi connectivity index (χ0n) is 17.6. The Bertz CT molecular complexity index is 670. The number of rotatable bonds is 1. The molecule has 0 atom stereocenters. The zero-order valence-corrected chi connectivity index (χ0v) is 22.3. The zero-order chi connectivity index (χ0) is 19.7. The van der Waals surface area contributed by atoms with Crippen molar-refractivity contribution in [3.05, 3.63) is 108 Å². The van der Waals surface area contributed by atoms with Gasteiger partial charge >= 0.3 is 0 Å². The Morgan fingerprint density at radius 3 is 1.14 bits per heavy atom. The van der Waals surface area contributed by atoms with E-state index in [1.807, 2.05) is 12.1 Å². The quantitative estimate of drug-likeness (QED) is 0.259. The van der Waals surface area contributed by atoms with Crippen LogP contribution >= 0.6 is 0 Å². The maximum Gasteiger partial charge on any atom is 0.0213 e. The molecule has 4 rings (SSSR count). The van der Waals surface area contributed by atoms with E-state index in [2.05, 4.69) is 112 Å². The minimum absolute atomic E-state index is 0. The van der Waals surface area contributed by atoms with Crippen molar-refractivity contribution in [1.29, 1.82) is 0 Å². The summed E-state index contributed by atoms with van der Waals surface area (Å²) in [6.45, 7) is 8.53. The molecule has 0 heterocycles. The molecule has 0 bridgehead atoms. The van der Waals surface area contributed by atoms with Gasteiger partial charge in [-0.05, 0) is 11.1 Å². The maximum absolute atomic E-state index is 3.12. The van der Waals surface area contributed by atoms with Crippen molar-refractivity contribution < 1.29 is 25.8 Å². The van der Waals surface area contributed by atoms with Crippen LogP contribution in [0.3, 0.4) is 0 Å². The number of hydrogen-bond acceptors (Lipinski definition) is 0. The van der Waals surface area contributed by atoms with Gasteiger partial charge in [-0.15, -0.1) is 12.8 Å². The third-order valence-corrected chi connectivity index (χ3v) is 3.61. The summed E-state index contributed by atoms with van der Waals surface area (Å²) in [4.78, 5) is 0. The van der Waals surface area contributed by atoms with E-state index in [1.165, 1.54) is 22.3 Å². The normalized spacial score (nSPS) is 12.7. The van der Waals surface area contributed by atoms with Crippen molar-refractivity contribution in [1.82, 2.24) is 0 Å². The smallest absolute Gasteiger partial charge is 0.0213 e. The molecule has 2 aliphatic carbocycles. The van der Waals surface area contributed by atoms with Crippen LogP contribution in [0.2, 0.25) is 13.1 Å². The SMILES string of the molecule is CC1=[C-]CC=C1.CC1=[C-]CC=C1.C[SiH]C.[Hf].c1ccc(-c2ccccc2)cc1. The van der Waals surface area contributed by atoms with Crippen LogP contribution in [0.5, 0.6) is 0 Å². The molecule has 0 saturated carbocycles. The average Bonchev–Trinajstić information content (AvgIpc) is 3.38. The topological polar surface area (TPSA) is 0 Å². The molecule has 2 heteroatoms. The second kappa shape index (κ2) is 17.6. The fourth-order valence-corrected chi connectivity index (χ4v) is 2.29. The molecule has 145 valence electrons. The third kappa shape index (κ3) is 12.8. The van der Waals surface area contributed by atoms with Gasteiger partial charge in [-0.1, -0.05) is 87.6 Å². The second-order valence-corrected chi connectivity index (χ2v) is 7.40. The van der Waals surface area contributed by atoms with Crippen LogP contribution in [0.4, 0.5) is 0 Å². The van der Waals surface area contributed by atoms with Crippen LogP contribution in [0, 0.1) is 12.2 Å². The molecule has 0 saturated heterocycles. The predicted molar refractivity (Wildman–Crippen MR) is 123 cm³/mol. The first-order valence-electron chi connectivity index (χ1n) is 9.49. The first-order chi connectivity index (χ1) is 13.2. The van der Waals surface area contributed by atoms with Crippen LogP contribution in [0.15, 0.2) is 96.1 Å². The molecule has 2 aliphatic rings. The second-order valence-electron chi connectivity index (χ2n) is 6.24.